The van der Waals surface area contributed by atoms with Crippen molar-refractivity contribution in [1.29, 1.82) is 0 Å². The molecule has 0 amide bonds. The van der Waals surface area contributed by atoms with Crippen molar-refractivity contribution in [2.24, 2.45) is 0 Å². The predicted octanol–water partition coefficient (Wildman–Crippen LogP) is 17.2. The van der Waals surface area contributed by atoms with Crippen molar-refractivity contribution in [3.8, 4) is 0 Å². The lowest BCUT2D eigenvalue weighted by molar-refractivity contribution is -0.167. The first-order chi connectivity index (χ1) is 29.5. The molecular weight excluding hydrogens is 745 g/mol. The van der Waals surface area contributed by atoms with Gasteiger partial charge in [-0.2, -0.15) is 0 Å². The number of hydrogen-bond donors (Lipinski definition) is 0. The molecule has 0 aromatic rings. The van der Waals surface area contributed by atoms with Gasteiger partial charge in [-0.3, -0.25) is 14.4 Å². The van der Waals surface area contributed by atoms with Crippen molar-refractivity contribution in [3.05, 3.63) is 24.3 Å². The van der Waals surface area contributed by atoms with E-state index in [1.807, 2.05) is 0 Å². The smallest absolute Gasteiger partial charge is 0.306 e. The maximum absolute atomic E-state index is 12.8. The second-order valence-electron chi connectivity index (χ2n) is 17.8. The number of ether oxygens (including phenoxy) is 3. The van der Waals surface area contributed by atoms with Crippen molar-refractivity contribution < 1.29 is 28.6 Å². The molecule has 0 heterocycles. The molecule has 352 valence electrons. The van der Waals surface area contributed by atoms with Crippen LogP contribution in [0.15, 0.2) is 24.3 Å². The summed E-state index contributed by atoms with van der Waals surface area (Å²) in [7, 11) is 0. The third kappa shape index (κ3) is 46.9. The normalized spacial score (nSPS) is 12.1. The summed E-state index contributed by atoms with van der Waals surface area (Å²) in [4.78, 5) is 37.9. The zero-order chi connectivity index (χ0) is 43.7. The molecule has 0 aliphatic heterocycles. The quantitative estimate of drug-likeness (QED) is 0.0263. The highest BCUT2D eigenvalue weighted by atomic mass is 16.6. The summed E-state index contributed by atoms with van der Waals surface area (Å²) in [5, 5.41) is 0. The van der Waals surface area contributed by atoms with Gasteiger partial charge in [0, 0.05) is 19.3 Å². The second kappa shape index (κ2) is 49.5. The molecule has 0 N–H and O–H groups in total. The number of carbonyl (C=O) groups is 3. The van der Waals surface area contributed by atoms with Crippen molar-refractivity contribution in [1.82, 2.24) is 0 Å². The fourth-order valence-corrected chi connectivity index (χ4v) is 7.70. The highest BCUT2D eigenvalue weighted by Crippen LogP contribution is 2.16. The van der Waals surface area contributed by atoms with Crippen molar-refractivity contribution in [3.63, 3.8) is 0 Å². The van der Waals surface area contributed by atoms with Gasteiger partial charge in [-0.05, 0) is 44.9 Å². The third-order valence-electron chi connectivity index (χ3n) is 11.7. The summed E-state index contributed by atoms with van der Waals surface area (Å²) in [5.74, 6) is -0.875. The molecule has 60 heavy (non-hydrogen) atoms. The number of unbranched alkanes of at least 4 members (excludes halogenated alkanes) is 33. The number of rotatable bonds is 48. The van der Waals surface area contributed by atoms with Crippen LogP contribution in [0, 0.1) is 0 Å². The first-order valence-electron chi connectivity index (χ1n) is 26.3. The molecule has 0 saturated heterocycles. The van der Waals surface area contributed by atoms with Crippen LogP contribution in [0.25, 0.3) is 0 Å². The lowest BCUT2D eigenvalue weighted by atomic mass is 10.0. The van der Waals surface area contributed by atoms with Crippen LogP contribution in [0.3, 0.4) is 0 Å². The molecule has 0 saturated carbocycles. The highest BCUT2D eigenvalue weighted by Gasteiger charge is 2.19. The number of carbonyl (C=O) groups excluding carboxylic acids is 3. The van der Waals surface area contributed by atoms with Gasteiger partial charge in [0.25, 0.3) is 0 Å². The first-order valence-corrected chi connectivity index (χ1v) is 26.3. The van der Waals surface area contributed by atoms with E-state index in [9.17, 15) is 14.4 Å². The summed E-state index contributed by atoms with van der Waals surface area (Å²) < 4.78 is 16.8. The largest absolute Gasteiger partial charge is 0.462 e. The molecule has 1 unspecified atom stereocenters. The van der Waals surface area contributed by atoms with E-state index in [-0.39, 0.29) is 31.1 Å². The van der Waals surface area contributed by atoms with Crippen LogP contribution in [0.5, 0.6) is 0 Å². The van der Waals surface area contributed by atoms with Gasteiger partial charge in [-0.25, -0.2) is 0 Å². The Kier molecular flexibility index (Phi) is 47.8. The maximum Gasteiger partial charge on any atom is 0.306 e. The Labute approximate surface area is 373 Å². The Morgan fingerprint density at radius 1 is 0.333 bits per heavy atom. The lowest BCUT2D eigenvalue weighted by Gasteiger charge is -2.18. The van der Waals surface area contributed by atoms with Crippen LogP contribution < -0.4 is 0 Å². The number of esters is 3. The van der Waals surface area contributed by atoms with Gasteiger partial charge in [0.05, 0.1) is 0 Å². The van der Waals surface area contributed by atoms with Gasteiger partial charge in [-0.15, -0.1) is 0 Å². The molecule has 0 rings (SSSR count). The van der Waals surface area contributed by atoms with E-state index >= 15 is 0 Å². The Morgan fingerprint density at radius 2 is 0.617 bits per heavy atom. The van der Waals surface area contributed by atoms with E-state index in [2.05, 4.69) is 45.1 Å². The first kappa shape index (κ1) is 57.9. The van der Waals surface area contributed by atoms with Gasteiger partial charge in [0.15, 0.2) is 6.10 Å². The minimum Gasteiger partial charge on any atom is -0.462 e. The molecule has 6 heteroatoms. The van der Waals surface area contributed by atoms with Crippen LogP contribution in [-0.2, 0) is 28.6 Å². The summed E-state index contributed by atoms with van der Waals surface area (Å²) in [6, 6.07) is 0. The predicted molar refractivity (Wildman–Crippen MR) is 256 cm³/mol. The van der Waals surface area contributed by atoms with E-state index in [0.29, 0.717) is 19.3 Å². The minimum atomic E-state index is -0.771. The molecule has 0 spiro atoms. The van der Waals surface area contributed by atoms with Gasteiger partial charge < -0.3 is 14.2 Å². The zero-order valence-corrected chi connectivity index (χ0v) is 40.2. The SMILES string of the molecule is CCCC/C=C\C/C=C\CCCCCCCC(=O)OC(COC(=O)CCCCCCCCCCC)COC(=O)CCCCCCCCCCCCCCCCCCCCC. The van der Waals surface area contributed by atoms with Crippen LogP contribution >= 0.6 is 0 Å². The van der Waals surface area contributed by atoms with Gasteiger partial charge >= 0.3 is 17.9 Å². The Balaban J connectivity index is 4.25. The van der Waals surface area contributed by atoms with Crippen LogP contribution in [0.1, 0.15) is 284 Å². The minimum absolute atomic E-state index is 0.0724. The number of hydrogen-bond acceptors (Lipinski definition) is 6. The van der Waals surface area contributed by atoms with E-state index in [4.69, 9.17) is 14.2 Å². The van der Waals surface area contributed by atoms with Crippen molar-refractivity contribution >= 4 is 17.9 Å². The van der Waals surface area contributed by atoms with Gasteiger partial charge in [0.2, 0.25) is 0 Å². The summed E-state index contributed by atoms with van der Waals surface area (Å²) in [6.45, 7) is 6.60. The average Bonchev–Trinajstić information content (AvgIpc) is 3.24. The fourth-order valence-electron chi connectivity index (χ4n) is 7.70. The fraction of sp³-hybridized carbons (Fsp3) is 0.870. The number of allylic oxidation sites excluding steroid dienone is 4. The highest BCUT2D eigenvalue weighted by molar-refractivity contribution is 5.71. The van der Waals surface area contributed by atoms with E-state index in [1.165, 1.54) is 161 Å². The average molecular weight is 845 g/mol. The van der Waals surface area contributed by atoms with E-state index in [0.717, 1.165) is 83.5 Å². The van der Waals surface area contributed by atoms with Crippen LogP contribution in [0.4, 0.5) is 0 Å². The summed E-state index contributed by atoms with van der Waals surface area (Å²) in [5.41, 5.74) is 0. The molecule has 0 aromatic heterocycles. The molecular formula is C54H100O6. The molecule has 0 radical (unpaired) electrons. The Bertz CT molecular complexity index is 973. The summed E-state index contributed by atoms with van der Waals surface area (Å²) in [6.07, 6.45) is 56.0. The zero-order valence-electron chi connectivity index (χ0n) is 40.2. The topological polar surface area (TPSA) is 78.9 Å². The standard InChI is InChI=1S/C54H100O6/c1-4-7-10-13-16-19-21-23-25-26-27-28-29-31-32-35-38-41-44-47-53(56)59-50-51(49-58-52(55)46-43-40-37-34-18-15-12-9-6-3)60-54(57)48-45-42-39-36-33-30-24-22-20-17-14-11-8-5-2/h14,17,22,24,51H,4-13,15-16,18-21,23,25-50H2,1-3H3/b17-14-,24-22-. The van der Waals surface area contributed by atoms with Gasteiger partial charge in [-0.1, -0.05) is 244 Å². The molecule has 0 bridgehead atoms. The van der Waals surface area contributed by atoms with Crippen LogP contribution in [0.2, 0.25) is 0 Å². The Hall–Kier alpha value is -2.11. The third-order valence-corrected chi connectivity index (χ3v) is 11.7. The molecule has 0 aliphatic carbocycles. The van der Waals surface area contributed by atoms with Crippen molar-refractivity contribution in [2.45, 2.75) is 290 Å². The summed E-state index contributed by atoms with van der Waals surface area (Å²) >= 11 is 0. The lowest BCUT2D eigenvalue weighted by Crippen LogP contribution is -2.30. The van der Waals surface area contributed by atoms with Gasteiger partial charge in [0.1, 0.15) is 13.2 Å². The van der Waals surface area contributed by atoms with Crippen LogP contribution in [-0.4, -0.2) is 37.2 Å². The van der Waals surface area contributed by atoms with Crippen molar-refractivity contribution in [2.75, 3.05) is 13.2 Å². The molecule has 1 atom stereocenters. The molecule has 0 fully saturated rings. The maximum atomic E-state index is 12.8. The van der Waals surface area contributed by atoms with E-state index < -0.39 is 6.10 Å². The van der Waals surface area contributed by atoms with E-state index in [1.54, 1.807) is 0 Å². The Morgan fingerprint density at radius 3 is 0.967 bits per heavy atom. The molecule has 0 aliphatic rings. The monoisotopic (exact) mass is 845 g/mol. The molecule has 6 nitrogen and oxygen atoms in total. The second-order valence-corrected chi connectivity index (χ2v) is 17.8. The molecule has 0 aromatic carbocycles.